The average molecular weight is 239 g/mol. The molecule has 1 aromatic carbocycles. The van der Waals surface area contributed by atoms with Gasteiger partial charge in [0.05, 0.1) is 6.10 Å². The van der Waals surface area contributed by atoms with Crippen molar-refractivity contribution in [3.63, 3.8) is 0 Å². The van der Waals surface area contributed by atoms with Crippen molar-refractivity contribution in [3.8, 4) is 0 Å². The van der Waals surface area contributed by atoms with E-state index in [2.05, 4.69) is 5.32 Å². The van der Waals surface area contributed by atoms with Gasteiger partial charge in [0.1, 0.15) is 5.82 Å². The largest absolute Gasteiger partial charge is 0.393 e. The van der Waals surface area contributed by atoms with Gasteiger partial charge in [0, 0.05) is 13.0 Å². The molecule has 2 N–H and O–H groups in total. The van der Waals surface area contributed by atoms with E-state index in [1.807, 2.05) is 0 Å². The molecule has 0 aliphatic rings. The summed E-state index contributed by atoms with van der Waals surface area (Å²) in [6.45, 7) is 2.12. The first-order valence-electron chi connectivity index (χ1n) is 5.77. The molecule has 17 heavy (non-hydrogen) atoms. The summed E-state index contributed by atoms with van der Waals surface area (Å²) in [5.41, 5.74) is 0.554. The van der Waals surface area contributed by atoms with Crippen molar-refractivity contribution >= 4 is 5.91 Å². The second-order valence-electron chi connectivity index (χ2n) is 4.08. The van der Waals surface area contributed by atoms with Gasteiger partial charge >= 0.3 is 0 Å². The lowest BCUT2D eigenvalue weighted by Gasteiger charge is -2.07. The van der Waals surface area contributed by atoms with Crippen molar-refractivity contribution in [1.82, 2.24) is 5.32 Å². The third-order valence-electron chi connectivity index (χ3n) is 2.46. The van der Waals surface area contributed by atoms with Gasteiger partial charge in [0.15, 0.2) is 0 Å². The van der Waals surface area contributed by atoms with Gasteiger partial charge in [-0.2, -0.15) is 0 Å². The van der Waals surface area contributed by atoms with Gasteiger partial charge < -0.3 is 10.4 Å². The Kier molecular flexibility index (Phi) is 5.63. The number of nitrogens with one attached hydrogen (secondary N) is 1. The second kappa shape index (κ2) is 7.01. The van der Waals surface area contributed by atoms with E-state index in [0.717, 1.165) is 0 Å². The monoisotopic (exact) mass is 239 g/mol. The molecule has 0 saturated heterocycles. The first-order valence-corrected chi connectivity index (χ1v) is 5.77. The summed E-state index contributed by atoms with van der Waals surface area (Å²) in [6, 6.07) is 6.45. The molecule has 0 fully saturated rings. The maximum Gasteiger partial charge on any atom is 0.220 e. The first-order chi connectivity index (χ1) is 8.09. The van der Waals surface area contributed by atoms with Gasteiger partial charge in [-0.15, -0.1) is 0 Å². The molecule has 4 heteroatoms. The van der Waals surface area contributed by atoms with E-state index in [-0.39, 0.29) is 18.1 Å². The molecule has 0 radical (unpaired) electrons. The van der Waals surface area contributed by atoms with E-state index in [0.29, 0.717) is 24.9 Å². The van der Waals surface area contributed by atoms with Crippen LogP contribution in [-0.2, 0) is 11.2 Å². The van der Waals surface area contributed by atoms with Crippen LogP contribution in [0.5, 0.6) is 0 Å². The molecule has 1 aromatic rings. The summed E-state index contributed by atoms with van der Waals surface area (Å²) < 4.78 is 13.2. The van der Waals surface area contributed by atoms with Crippen molar-refractivity contribution in [1.29, 1.82) is 0 Å². The van der Waals surface area contributed by atoms with E-state index in [1.54, 1.807) is 25.1 Å². The van der Waals surface area contributed by atoms with Gasteiger partial charge in [0.2, 0.25) is 5.91 Å². The Balaban J connectivity index is 2.26. The number of amides is 1. The van der Waals surface area contributed by atoms with Crippen LogP contribution in [0.2, 0.25) is 0 Å². The predicted octanol–water partition coefficient (Wildman–Crippen LogP) is 1.65. The Morgan fingerprint density at radius 1 is 1.47 bits per heavy atom. The lowest BCUT2D eigenvalue weighted by molar-refractivity contribution is -0.121. The molecular formula is C13H18FNO2. The third kappa shape index (κ3) is 5.45. The zero-order valence-electron chi connectivity index (χ0n) is 9.95. The Morgan fingerprint density at radius 2 is 2.18 bits per heavy atom. The molecule has 1 rings (SSSR count). The zero-order valence-corrected chi connectivity index (χ0v) is 9.95. The normalized spacial score (nSPS) is 12.2. The fourth-order valence-electron chi connectivity index (χ4n) is 1.46. The smallest absolute Gasteiger partial charge is 0.220 e. The first kappa shape index (κ1) is 13.6. The lowest BCUT2D eigenvalue weighted by atomic mass is 10.1. The Hall–Kier alpha value is -1.42. The maximum absolute atomic E-state index is 13.2. The number of hydrogen-bond acceptors (Lipinski definition) is 2. The molecular weight excluding hydrogens is 221 g/mol. The Bertz CT molecular complexity index is 366. The van der Waals surface area contributed by atoms with Crippen molar-refractivity contribution in [2.45, 2.75) is 32.3 Å². The minimum Gasteiger partial charge on any atom is -0.393 e. The van der Waals surface area contributed by atoms with Crippen molar-refractivity contribution in [2.75, 3.05) is 6.54 Å². The fourth-order valence-corrected chi connectivity index (χ4v) is 1.46. The highest BCUT2D eigenvalue weighted by atomic mass is 19.1. The van der Waals surface area contributed by atoms with Crippen LogP contribution in [-0.4, -0.2) is 23.7 Å². The number of carbonyl (C=O) groups is 1. The number of aryl methyl sites for hydroxylation is 1. The predicted molar refractivity (Wildman–Crippen MR) is 64.0 cm³/mol. The van der Waals surface area contributed by atoms with Crippen LogP contribution in [0.3, 0.4) is 0 Å². The summed E-state index contributed by atoms with van der Waals surface area (Å²) in [7, 11) is 0. The van der Waals surface area contributed by atoms with Crippen LogP contribution >= 0.6 is 0 Å². The van der Waals surface area contributed by atoms with Gasteiger partial charge in [-0.05, 0) is 31.4 Å². The highest BCUT2D eigenvalue weighted by Gasteiger charge is 2.05. The van der Waals surface area contributed by atoms with Gasteiger partial charge in [-0.3, -0.25) is 4.79 Å². The highest BCUT2D eigenvalue weighted by molar-refractivity contribution is 5.76. The molecule has 94 valence electrons. The average Bonchev–Trinajstić information content (AvgIpc) is 2.27. The van der Waals surface area contributed by atoms with E-state index >= 15 is 0 Å². The van der Waals surface area contributed by atoms with E-state index in [9.17, 15) is 9.18 Å². The quantitative estimate of drug-likeness (QED) is 0.793. The van der Waals surface area contributed by atoms with Crippen LogP contribution in [0.4, 0.5) is 4.39 Å². The molecule has 1 atom stereocenters. The molecule has 0 saturated carbocycles. The van der Waals surface area contributed by atoms with Gasteiger partial charge in [0.25, 0.3) is 0 Å². The van der Waals surface area contributed by atoms with Crippen LogP contribution in [0.1, 0.15) is 25.3 Å². The van der Waals surface area contributed by atoms with E-state index < -0.39 is 6.10 Å². The summed E-state index contributed by atoms with van der Waals surface area (Å²) in [4.78, 5) is 11.4. The SMILES string of the molecule is CC(O)CCNC(=O)CCc1ccccc1F. The summed E-state index contributed by atoms with van der Waals surface area (Å²) in [5.74, 6) is -0.391. The minimum atomic E-state index is -0.415. The van der Waals surface area contributed by atoms with Crippen molar-refractivity contribution in [2.24, 2.45) is 0 Å². The molecule has 0 aromatic heterocycles. The molecule has 0 spiro atoms. The number of halogens is 1. The van der Waals surface area contributed by atoms with Crippen molar-refractivity contribution in [3.05, 3.63) is 35.6 Å². The lowest BCUT2D eigenvalue weighted by Crippen LogP contribution is -2.26. The van der Waals surface area contributed by atoms with Gasteiger partial charge in [-0.25, -0.2) is 4.39 Å². The van der Waals surface area contributed by atoms with Crippen LogP contribution in [0.15, 0.2) is 24.3 Å². The Labute approximate surface area is 101 Å². The molecule has 0 aliphatic carbocycles. The van der Waals surface area contributed by atoms with E-state index in [4.69, 9.17) is 5.11 Å². The highest BCUT2D eigenvalue weighted by Crippen LogP contribution is 2.08. The number of aliphatic hydroxyl groups is 1. The maximum atomic E-state index is 13.2. The fraction of sp³-hybridized carbons (Fsp3) is 0.462. The molecule has 3 nitrogen and oxygen atoms in total. The summed E-state index contributed by atoms with van der Waals surface area (Å²) >= 11 is 0. The van der Waals surface area contributed by atoms with Crippen LogP contribution < -0.4 is 5.32 Å². The van der Waals surface area contributed by atoms with Crippen LogP contribution in [0, 0.1) is 5.82 Å². The number of benzene rings is 1. The molecule has 0 aliphatic heterocycles. The van der Waals surface area contributed by atoms with E-state index in [1.165, 1.54) is 6.07 Å². The van der Waals surface area contributed by atoms with Crippen molar-refractivity contribution < 1.29 is 14.3 Å². The van der Waals surface area contributed by atoms with Gasteiger partial charge in [-0.1, -0.05) is 18.2 Å². The number of rotatable bonds is 6. The topological polar surface area (TPSA) is 49.3 Å². The number of aliphatic hydroxyl groups excluding tert-OH is 1. The molecule has 0 heterocycles. The molecule has 1 amide bonds. The molecule has 0 bridgehead atoms. The minimum absolute atomic E-state index is 0.117. The summed E-state index contributed by atoms with van der Waals surface area (Å²) in [5, 5.41) is 11.7. The third-order valence-corrected chi connectivity index (χ3v) is 2.46. The zero-order chi connectivity index (χ0) is 12.7. The summed E-state index contributed by atoms with van der Waals surface area (Å²) in [6.07, 6.45) is 0.779. The van der Waals surface area contributed by atoms with Crippen LogP contribution in [0.25, 0.3) is 0 Å². The standard InChI is InChI=1S/C13H18FNO2/c1-10(16)8-9-15-13(17)7-6-11-4-2-3-5-12(11)14/h2-5,10,16H,6-9H2,1H3,(H,15,17). The molecule has 1 unspecified atom stereocenters. The second-order valence-corrected chi connectivity index (χ2v) is 4.08. The Morgan fingerprint density at radius 3 is 2.82 bits per heavy atom. The number of hydrogen-bond donors (Lipinski definition) is 2. The number of carbonyl (C=O) groups excluding carboxylic acids is 1.